The Morgan fingerprint density at radius 3 is 1.69 bits per heavy atom. The van der Waals surface area contributed by atoms with Gasteiger partial charge in [0.05, 0.1) is 0 Å². The molecule has 2 nitrogen and oxygen atoms in total. The summed E-state index contributed by atoms with van der Waals surface area (Å²) in [6.45, 7) is 0. The van der Waals surface area contributed by atoms with Crippen LogP contribution in [-0.2, 0) is 0 Å². The lowest BCUT2D eigenvalue weighted by molar-refractivity contribution is 0.00507. The Hall–Kier alpha value is -3.78. The molecule has 0 bridgehead atoms. The summed E-state index contributed by atoms with van der Waals surface area (Å²) in [7, 11) is 0. The second kappa shape index (κ2) is 7.69. The molecular weight excluding hydrogens is 356 g/mol. The maximum Gasteiger partial charge on any atom is 0.268 e. The summed E-state index contributed by atoms with van der Waals surface area (Å²) in [4.78, 5) is 0. The van der Waals surface area contributed by atoms with Crippen molar-refractivity contribution in [2.75, 3.05) is 0 Å². The van der Waals surface area contributed by atoms with E-state index in [4.69, 9.17) is 9.47 Å². The molecule has 0 aliphatic carbocycles. The van der Waals surface area contributed by atoms with Crippen LogP contribution >= 0.6 is 0 Å². The summed E-state index contributed by atoms with van der Waals surface area (Å²) in [5.74, 6) is 1.54. The van der Waals surface area contributed by atoms with Gasteiger partial charge >= 0.3 is 0 Å². The second-order valence-electron chi connectivity index (χ2n) is 6.93. The van der Waals surface area contributed by atoms with Gasteiger partial charge in [0.25, 0.3) is 6.29 Å². The molecule has 2 heteroatoms. The van der Waals surface area contributed by atoms with Gasteiger partial charge in [-0.25, -0.2) is 0 Å². The SMILES string of the molecule is c1ccc(OC(Oc2ccccc2)c2cccc3ccc4ccccc4c23)cc1. The number of para-hydroxylation sites is 2. The zero-order valence-corrected chi connectivity index (χ0v) is 15.9. The highest BCUT2D eigenvalue weighted by atomic mass is 16.7. The van der Waals surface area contributed by atoms with E-state index in [1.807, 2.05) is 60.7 Å². The summed E-state index contributed by atoms with van der Waals surface area (Å²) in [6.07, 6.45) is -0.575. The van der Waals surface area contributed by atoms with Crippen molar-refractivity contribution in [1.82, 2.24) is 0 Å². The molecule has 0 aromatic heterocycles. The van der Waals surface area contributed by atoms with Crippen molar-refractivity contribution in [2.24, 2.45) is 0 Å². The third-order valence-corrected chi connectivity index (χ3v) is 5.03. The van der Waals surface area contributed by atoms with Crippen LogP contribution in [0.25, 0.3) is 21.5 Å². The van der Waals surface area contributed by atoms with Gasteiger partial charge in [0.2, 0.25) is 0 Å². The normalized spacial score (nSPS) is 11.1. The van der Waals surface area contributed by atoms with Crippen LogP contribution in [0.1, 0.15) is 11.9 Å². The summed E-state index contributed by atoms with van der Waals surface area (Å²) < 4.78 is 12.7. The van der Waals surface area contributed by atoms with E-state index in [1.54, 1.807) is 0 Å². The Balaban J connectivity index is 1.68. The van der Waals surface area contributed by atoms with E-state index in [9.17, 15) is 0 Å². The molecule has 5 aromatic rings. The molecule has 0 unspecified atom stereocenters. The Morgan fingerprint density at radius 2 is 1.00 bits per heavy atom. The van der Waals surface area contributed by atoms with Crippen LogP contribution in [0.5, 0.6) is 11.5 Å². The molecule has 0 heterocycles. The Kier molecular flexibility index (Phi) is 4.59. The maximum absolute atomic E-state index is 6.34. The fraction of sp³-hybridized carbons (Fsp3) is 0.0370. The van der Waals surface area contributed by atoms with Gasteiger partial charge < -0.3 is 9.47 Å². The van der Waals surface area contributed by atoms with Crippen molar-refractivity contribution in [3.8, 4) is 11.5 Å². The quantitative estimate of drug-likeness (QED) is 0.239. The van der Waals surface area contributed by atoms with E-state index in [0.717, 1.165) is 22.4 Å². The molecular formula is C27H20O2. The lowest BCUT2D eigenvalue weighted by atomic mass is 9.97. The summed E-state index contributed by atoms with van der Waals surface area (Å²) in [6, 6.07) is 38.6. The number of hydrogen-bond acceptors (Lipinski definition) is 2. The van der Waals surface area contributed by atoms with E-state index in [0.29, 0.717) is 0 Å². The van der Waals surface area contributed by atoms with Gasteiger partial charge in [-0.3, -0.25) is 0 Å². The molecule has 29 heavy (non-hydrogen) atoms. The topological polar surface area (TPSA) is 18.5 Å². The standard InChI is InChI=1S/C27H20O2/c1-3-12-22(13-4-1)28-27(29-23-14-5-2-6-15-23)25-17-9-11-21-19-18-20-10-7-8-16-24(20)26(21)25/h1-19,27H. The summed E-state index contributed by atoms with van der Waals surface area (Å²) in [5.41, 5.74) is 1.01. The molecule has 5 rings (SSSR count). The maximum atomic E-state index is 6.34. The van der Waals surface area contributed by atoms with Crippen LogP contribution in [0.2, 0.25) is 0 Å². The highest BCUT2D eigenvalue weighted by molar-refractivity contribution is 6.09. The van der Waals surface area contributed by atoms with Gasteiger partial charge in [0.1, 0.15) is 11.5 Å². The van der Waals surface area contributed by atoms with Gasteiger partial charge in [0, 0.05) is 10.9 Å². The summed E-state index contributed by atoms with van der Waals surface area (Å²) >= 11 is 0. The van der Waals surface area contributed by atoms with Crippen molar-refractivity contribution in [3.63, 3.8) is 0 Å². The molecule has 5 aromatic carbocycles. The Labute approximate surface area is 170 Å². The fourth-order valence-electron chi connectivity index (χ4n) is 3.68. The van der Waals surface area contributed by atoms with Crippen molar-refractivity contribution in [2.45, 2.75) is 6.29 Å². The molecule has 0 saturated heterocycles. The number of hydrogen-bond donors (Lipinski definition) is 0. The molecule has 0 amide bonds. The van der Waals surface area contributed by atoms with Crippen molar-refractivity contribution in [1.29, 1.82) is 0 Å². The predicted molar refractivity (Wildman–Crippen MR) is 118 cm³/mol. The van der Waals surface area contributed by atoms with Crippen LogP contribution in [0.3, 0.4) is 0 Å². The first kappa shape index (κ1) is 17.3. The van der Waals surface area contributed by atoms with Crippen LogP contribution in [0.15, 0.2) is 115 Å². The number of fused-ring (bicyclic) bond motifs is 3. The van der Waals surface area contributed by atoms with E-state index < -0.39 is 6.29 Å². The van der Waals surface area contributed by atoms with Gasteiger partial charge in [-0.2, -0.15) is 0 Å². The summed E-state index contributed by atoms with van der Waals surface area (Å²) in [5, 5.41) is 4.71. The van der Waals surface area contributed by atoms with Crippen molar-refractivity contribution in [3.05, 3.63) is 121 Å². The molecule has 0 fully saturated rings. The van der Waals surface area contributed by atoms with Crippen LogP contribution < -0.4 is 9.47 Å². The van der Waals surface area contributed by atoms with Gasteiger partial charge in [0.15, 0.2) is 0 Å². The lowest BCUT2D eigenvalue weighted by Gasteiger charge is -2.23. The largest absolute Gasteiger partial charge is 0.451 e. The smallest absolute Gasteiger partial charge is 0.268 e. The molecule has 0 saturated carbocycles. The number of ether oxygens (including phenoxy) is 2. The number of benzene rings is 5. The minimum Gasteiger partial charge on any atom is -0.451 e. The molecule has 0 aliphatic rings. The average Bonchev–Trinajstić information content (AvgIpc) is 2.79. The third-order valence-electron chi connectivity index (χ3n) is 5.03. The Morgan fingerprint density at radius 1 is 0.448 bits per heavy atom. The first-order valence-electron chi connectivity index (χ1n) is 9.72. The van der Waals surface area contributed by atoms with Gasteiger partial charge in [-0.1, -0.05) is 91.0 Å². The van der Waals surface area contributed by atoms with E-state index >= 15 is 0 Å². The zero-order valence-electron chi connectivity index (χ0n) is 15.9. The third kappa shape index (κ3) is 3.53. The molecule has 0 aliphatic heterocycles. The molecule has 140 valence electrons. The monoisotopic (exact) mass is 376 g/mol. The second-order valence-corrected chi connectivity index (χ2v) is 6.93. The van der Waals surface area contributed by atoms with E-state index in [2.05, 4.69) is 54.6 Å². The molecule has 0 radical (unpaired) electrons. The molecule has 0 atom stereocenters. The van der Waals surface area contributed by atoms with Crippen molar-refractivity contribution < 1.29 is 9.47 Å². The Bertz CT molecular complexity index is 1210. The average molecular weight is 376 g/mol. The fourth-order valence-corrected chi connectivity index (χ4v) is 3.68. The minimum absolute atomic E-state index is 0.575. The molecule has 0 N–H and O–H groups in total. The van der Waals surface area contributed by atoms with Crippen LogP contribution in [0, 0.1) is 0 Å². The minimum atomic E-state index is -0.575. The first-order valence-corrected chi connectivity index (χ1v) is 9.72. The van der Waals surface area contributed by atoms with E-state index in [1.165, 1.54) is 16.2 Å². The van der Waals surface area contributed by atoms with Crippen LogP contribution in [-0.4, -0.2) is 0 Å². The lowest BCUT2D eigenvalue weighted by Crippen LogP contribution is -2.15. The number of rotatable bonds is 5. The first-order chi connectivity index (χ1) is 14.4. The van der Waals surface area contributed by atoms with Crippen LogP contribution in [0.4, 0.5) is 0 Å². The van der Waals surface area contributed by atoms with Crippen molar-refractivity contribution >= 4 is 21.5 Å². The highest BCUT2D eigenvalue weighted by Crippen LogP contribution is 2.34. The van der Waals surface area contributed by atoms with E-state index in [-0.39, 0.29) is 0 Å². The van der Waals surface area contributed by atoms with Gasteiger partial charge in [-0.15, -0.1) is 0 Å². The zero-order chi connectivity index (χ0) is 19.5. The predicted octanol–water partition coefficient (Wildman–Crippen LogP) is 7.15. The highest BCUT2D eigenvalue weighted by Gasteiger charge is 2.20. The molecule has 0 spiro atoms. The van der Waals surface area contributed by atoms with Gasteiger partial charge in [-0.05, 0) is 40.4 Å².